The second kappa shape index (κ2) is 14.5. The van der Waals surface area contributed by atoms with Crippen molar-refractivity contribution >= 4 is 0 Å². The second-order valence-electron chi connectivity index (χ2n) is 11.3. The Hall–Kier alpha value is -5.56. The van der Waals surface area contributed by atoms with E-state index in [9.17, 15) is 0 Å². The molecule has 0 unspecified atom stereocenters. The Bertz CT molecular complexity index is 1640. The van der Waals surface area contributed by atoms with Gasteiger partial charge in [0.15, 0.2) is 5.60 Å². The molecular weight excluding hydrogens is 598 g/mol. The van der Waals surface area contributed by atoms with E-state index in [-0.39, 0.29) is 0 Å². The van der Waals surface area contributed by atoms with E-state index in [2.05, 4.69) is 54.0 Å². The molecule has 0 amide bonds. The van der Waals surface area contributed by atoms with Gasteiger partial charge in [0.1, 0.15) is 28.5 Å². The van der Waals surface area contributed by atoms with Crippen molar-refractivity contribution in [2.75, 3.05) is 28.4 Å². The maximum atomic E-state index is 7.38. The van der Waals surface area contributed by atoms with Crippen molar-refractivity contribution in [1.82, 2.24) is 5.48 Å². The van der Waals surface area contributed by atoms with Gasteiger partial charge in [-0.1, -0.05) is 109 Å². The predicted molar refractivity (Wildman–Crippen MR) is 189 cm³/mol. The minimum Gasteiger partial charge on any atom is -0.497 e. The summed E-state index contributed by atoms with van der Waals surface area (Å²) in [6, 6.07) is 52.7. The summed E-state index contributed by atoms with van der Waals surface area (Å²) in [5.74, 6) is 3.01. The largest absolute Gasteiger partial charge is 0.497 e. The van der Waals surface area contributed by atoms with Gasteiger partial charge in [0.05, 0.1) is 28.4 Å². The fourth-order valence-corrected chi connectivity index (χ4v) is 6.20. The van der Waals surface area contributed by atoms with Crippen molar-refractivity contribution < 1.29 is 23.8 Å². The van der Waals surface area contributed by atoms with E-state index in [1.54, 1.807) is 28.4 Å². The Kier molecular flexibility index (Phi) is 9.76. The van der Waals surface area contributed by atoms with Gasteiger partial charge >= 0.3 is 0 Å². The standard InChI is InChI=1S/C42H39NO5/c1-44-37-23-15-32(16-24-37)41(31-11-7-5-8-12-31,33-17-25-38(45-2)26-18-33)43-48-42(34-13-9-6-10-14-34,35-19-27-39(46-3)28-20-35)36-21-29-40(47-4)30-22-36/h5-30,43H,1-4H3. The van der Waals surface area contributed by atoms with Crippen LogP contribution in [-0.4, -0.2) is 28.4 Å². The summed E-state index contributed by atoms with van der Waals surface area (Å²) in [7, 11) is 6.67. The summed E-state index contributed by atoms with van der Waals surface area (Å²) in [6.07, 6.45) is 0. The van der Waals surface area contributed by atoms with Crippen molar-refractivity contribution in [3.63, 3.8) is 0 Å². The number of hydrogen-bond acceptors (Lipinski definition) is 6. The third-order valence-corrected chi connectivity index (χ3v) is 8.78. The van der Waals surface area contributed by atoms with Crippen molar-refractivity contribution in [1.29, 1.82) is 0 Å². The average Bonchev–Trinajstić information content (AvgIpc) is 3.18. The third-order valence-electron chi connectivity index (χ3n) is 8.78. The Balaban J connectivity index is 1.63. The van der Waals surface area contributed by atoms with Crippen LogP contribution in [0.1, 0.15) is 33.4 Å². The quantitative estimate of drug-likeness (QED) is 0.101. The van der Waals surface area contributed by atoms with Crippen molar-refractivity contribution in [3.05, 3.63) is 191 Å². The molecule has 6 aromatic carbocycles. The first-order chi connectivity index (χ1) is 23.6. The van der Waals surface area contributed by atoms with Crippen molar-refractivity contribution in [2.24, 2.45) is 0 Å². The van der Waals surface area contributed by atoms with Gasteiger partial charge < -0.3 is 18.9 Å². The van der Waals surface area contributed by atoms with Gasteiger partial charge in [-0.25, -0.2) is 0 Å². The highest BCUT2D eigenvalue weighted by molar-refractivity contribution is 5.53. The topological polar surface area (TPSA) is 58.2 Å². The Morgan fingerprint density at radius 1 is 0.333 bits per heavy atom. The fourth-order valence-electron chi connectivity index (χ4n) is 6.20. The van der Waals surface area contributed by atoms with Gasteiger partial charge in [0, 0.05) is 0 Å². The zero-order chi connectivity index (χ0) is 33.4. The summed E-state index contributed by atoms with van der Waals surface area (Å²) in [5, 5.41) is 0. The normalized spacial score (nSPS) is 11.5. The van der Waals surface area contributed by atoms with E-state index in [1.807, 2.05) is 109 Å². The molecule has 1 N–H and O–H groups in total. The lowest BCUT2D eigenvalue weighted by molar-refractivity contribution is -0.0887. The number of rotatable bonds is 13. The molecule has 0 saturated carbocycles. The van der Waals surface area contributed by atoms with Crippen LogP contribution in [0.2, 0.25) is 0 Å². The zero-order valence-electron chi connectivity index (χ0n) is 27.6. The number of nitrogens with one attached hydrogen (secondary N) is 1. The minimum absolute atomic E-state index is 0.749. The summed E-state index contributed by atoms with van der Waals surface area (Å²) in [4.78, 5) is 7.38. The number of hydrogen-bond donors (Lipinski definition) is 1. The first-order valence-electron chi connectivity index (χ1n) is 15.7. The fraction of sp³-hybridized carbons (Fsp3) is 0.143. The Morgan fingerprint density at radius 3 is 0.938 bits per heavy atom. The minimum atomic E-state index is -1.13. The van der Waals surface area contributed by atoms with Crippen LogP contribution >= 0.6 is 0 Å². The number of ether oxygens (including phenoxy) is 4. The lowest BCUT2D eigenvalue weighted by Crippen LogP contribution is -2.50. The summed E-state index contributed by atoms with van der Waals surface area (Å²) >= 11 is 0. The van der Waals surface area contributed by atoms with E-state index in [1.165, 1.54) is 0 Å². The molecule has 0 spiro atoms. The predicted octanol–water partition coefficient (Wildman–Crippen LogP) is 8.53. The molecule has 0 aliphatic heterocycles. The Labute approximate surface area is 282 Å². The van der Waals surface area contributed by atoms with Crippen LogP contribution in [0.4, 0.5) is 0 Å². The summed E-state index contributed by atoms with van der Waals surface area (Å²) in [6.45, 7) is 0. The second-order valence-corrected chi connectivity index (χ2v) is 11.3. The van der Waals surface area contributed by atoms with E-state index >= 15 is 0 Å². The molecule has 48 heavy (non-hydrogen) atoms. The lowest BCUT2D eigenvalue weighted by Gasteiger charge is -2.42. The highest BCUT2D eigenvalue weighted by Gasteiger charge is 2.44. The highest BCUT2D eigenvalue weighted by atomic mass is 16.7. The molecule has 0 saturated heterocycles. The molecule has 6 heteroatoms. The maximum absolute atomic E-state index is 7.38. The molecule has 0 aliphatic carbocycles. The van der Waals surface area contributed by atoms with Crippen LogP contribution < -0.4 is 24.4 Å². The van der Waals surface area contributed by atoms with Crippen LogP contribution in [-0.2, 0) is 16.0 Å². The highest BCUT2D eigenvalue weighted by Crippen LogP contribution is 2.44. The lowest BCUT2D eigenvalue weighted by atomic mass is 9.77. The van der Waals surface area contributed by atoms with Gasteiger partial charge in [-0.2, -0.15) is 5.48 Å². The molecule has 0 fully saturated rings. The van der Waals surface area contributed by atoms with Gasteiger partial charge in [0.25, 0.3) is 0 Å². The molecule has 0 aromatic heterocycles. The summed E-state index contributed by atoms with van der Waals surface area (Å²) < 4.78 is 22.2. The van der Waals surface area contributed by atoms with E-state index < -0.39 is 11.1 Å². The average molecular weight is 638 g/mol. The van der Waals surface area contributed by atoms with Gasteiger partial charge in [-0.15, -0.1) is 0 Å². The summed E-state index contributed by atoms with van der Waals surface area (Å²) in [5.41, 5.74) is 7.20. The number of hydroxylamine groups is 1. The monoisotopic (exact) mass is 637 g/mol. The van der Waals surface area contributed by atoms with Crippen molar-refractivity contribution in [2.45, 2.75) is 11.1 Å². The SMILES string of the molecule is COc1ccc(C(NOC(c2ccccc2)(c2ccc(OC)cc2)c2ccc(OC)cc2)(c2ccccc2)c2ccc(OC)cc2)cc1. The van der Waals surface area contributed by atoms with Crippen LogP contribution in [0.5, 0.6) is 23.0 Å². The van der Waals surface area contributed by atoms with Crippen LogP contribution in [0.25, 0.3) is 0 Å². The van der Waals surface area contributed by atoms with E-state index in [0.717, 1.165) is 56.4 Å². The first-order valence-corrected chi connectivity index (χ1v) is 15.7. The van der Waals surface area contributed by atoms with E-state index in [4.69, 9.17) is 23.8 Å². The molecule has 0 atom stereocenters. The molecule has 0 aliphatic rings. The first kappa shape index (κ1) is 32.4. The van der Waals surface area contributed by atoms with Crippen LogP contribution in [0.3, 0.4) is 0 Å². The molecular formula is C42H39NO5. The molecule has 6 rings (SSSR count). The molecule has 0 bridgehead atoms. The van der Waals surface area contributed by atoms with Gasteiger partial charge in [-0.05, 0) is 81.9 Å². The number of methoxy groups -OCH3 is 4. The molecule has 6 aromatic rings. The maximum Gasteiger partial charge on any atom is 0.165 e. The van der Waals surface area contributed by atoms with Gasteiger partial charge in [0.2, 0.25) is 0 Å². The zero-order valence-corrected chi connectivity index (χ0v) is 27.6. The van der Waals surface area contributed by atoms with E-state index in [0.29, 0.717) is 0 Å². The van der Waals surface area contributed by atoms with Crippen molar-refractivity contribution in [3.8, 4) is 23.0 Å². The Morgan fingerprint density at radius 2 is 0.604 bits per heavy atom. The van der Waals surface area contributed by atoms with Crippen LogP contribution in [0, 0.1) is 0 Å². The van der Waals surface area contributed by atoms with Crippen LogP contribution in [0.15, 0.2) is 158 Å². The molecule has 0 radical (unpaired) electrons. The third kappa shape index (κ3) is 6.11. The van der Waals surface area contributed by atoms with Gasteiger partial charge in [-0.3, -0.25) is 4.84 Å². The number of benzene rings is 6. The smallest absolute Gasteiger partial charge is 0.165 e. The molecule has 0 heterocycles. The molecule has 6 nitrogen and oxygen atoms in total. The molecule has 242 valence electrons.